The average Bonchev–Trinajstić information content (AvgIpc) is 2.58. The van der Waals surface area contributed by atoms with Gasteiger partial charge in [-0.25, -0.2) is 0 Å². The molecule has 0 unspecified atom stereocenters. The van der Waals surface area contributed by atoms with Crippen molar-refractivity contribution in [1.29, 1.82) is 0 Å². The molecule has 1 N–H and O–H groups in total. The van der Waals surface area contributed by atoms with Crippen molar-refractivity contribution < 1.29 is 9.47 Å². The second-order valence-electron chi connectivity index (χ2n) is 5.65. The van der Waals surface area contributed by atoms with Crippen LogP contribution in [0.25, 0.3) is 0 Å². The Balaban J connectivity index is 1.50. The summed E-state index contributed by atoms with van der Waals surface area (Å²) in [6.07, 6.45) is 0. The lowest BCUT2D eigenvalue weighted by atomic mass is 10.2. The lowest BCUT2D eigenvalue weighted by molar-refractivity contribution is 0.0322. The summed E-state index contributed by atoms with van der Waals surface area (Å²) >= 11 is 6.37. The van der Waals surface area contributed by atoms with Gasteiger partial charge in [-0.15, -0.1) is 0 Å². The summed E-state index contributed by atoms with van der Waals surface area (Å²) in [7, 11) is 0. The van der Waals surface area contributed by atoms with Crippen molar-refractivity contribution >= 4 is 17.3 Å². The Labute approximate surface area is 137 Å². The lowest BCUT2D eigenvalue weighted by Crippen LogP contribution is -2.43. The summed E-state index contributed by atoms with van der Waals surface area (Å²) in [4.78, 5) is 4.70. The predicted molar refractivity (Wildman–Crippen MR) is 89.3 cm³/mol. The normalized spacial score (nSPS) is 20.1. The van der Waals surface area contributed by atoms with Gasteiger partial charge in [0, 0.05) is 51.5 Å². The zero-order valence-electron chi connectivity index (χ0n) is 12.9. The maximum Gasteiger partial charge on any atom is 0.138 e. The van der Waals surface area contributed by atoms with Crippen LogP contribution in [0.5, 0.6) is 5.75 Å². The van der Waals surface area contributed by atoms with E-state index in [1.54, 1.807) is 0 Å². The largest absolute Gasteiger partial charge is 0.491 e. The highest BCUT2D eigenvalue weighted by molar-refractivity contribution is 6.32. The zero-order chi connectivity index (χ0) is 15.2. The minimum Gasteiger partial charge on any atom is -0.491 e. The lowest BCUT2D eigenvalue weighted by Gasteiger charge is -2.29. The number of anilines is 1. The van der Waals surface area contributed by atoms with Gasteiger partial charge >= 0.3 is 0 Å². The van der Waals surface area contributed by atoms with Crippen LogP contribution in [0.1, 0.15) is 0 Å². The standard InChI is InChI=1S/C16H24ClN3O2/c17-15-13-14(20-5-3-18-4-6-20)1-2-16(15)22-12-9-19-7-10-21-11-8-19/h1-2,13,18H,3-12H2. The molecule has 0 radical (unpaired) electrons. The van der Waals surface area contributed by atoms with Crippen LogP contribution in [0.3, 0.4) is 0 Å². The molecule has 2 aliphatic heterocycles. The van der Waals surface area contributed by atoms with Gasteiger partial charge in [0.05, 0.1) is 18.2 Å². The molecule has 2 saturated heterocycles. The molecule has 1 aromatic rings. The van der Waals surface area contributed by atoms with E-state index in [1.165, 1.54) is 5.69 Å². The van der Waals surface area contributed by atoms with Gasteiger partial charge in [0.15, 0.2) is 0 Å². The molecule has 0 bridgehead atoms. The third kappa shape index (κ3) is 4.26. The number of piperazine rings is 1. The molecule has 2 heterocycles. The van der Waals surface area contributed by atoms with Gasteiger partial charge in [-0.05, 0) is 18.2 Å². The Morgan fingerprint density at radius 1 is 1.14 bits per heavy atom. The van der Waals surface area contributed by atoms with Crippen molar-refractivity contribution in [2.75, 3.05) is 70.5 Å². The van der Waals surface area contributed by atoms with Crippen molar-refractivity contribution in [3.8, 4) is 5.75 Å². The van der Waals surface area contributed by atoms with Crippen LogP contribution < -0.4 is 15.0 Å². The quantitative estimate of drug-likeness (QED) is 0.887. The molecule has 5 nitrogen and oxygen atoms in total. The second kappa shape index (κ2) is 8.02. The van der Waals surface area contributed by atoms with E-state index >= 15 is 0 Å². The molecule has 6 heteroatoms. The molecule has 1 aromatic carbocycles. The van der Waals surface area contributed by atoms with Crippen LogP contribution >= 0.6 is 11.6 Å². The highest BCUT2D eigenvalue weighted by Crippen LogP contribution is 2.29. The van der Waals surface area contributed by atoms with E-state index in [2.05, 4.69) is 21.2 Å². The van der Waals surface area contributed by atoms with Crippen LogP contribution in [0.4, 0.5) is 5.69 Å². The maximum atomic E-state index is 6.37. The third-order valence-electron chi connectivity index (χ3n) is 4.17. The molecule has 0 aromatic heterocycles. The predicted octanol–water partition coefficient (Wildman–Crippen LogP) is 1.46. The first kappa shape index (κ1) is 15.9. The van der Waals surface area contributed by atoms with Crippen LogP contribution in [0.15, 0.2) is 18.2 Å². The number of hydrogen-bond donors (Lipinski definition) is 1. The zero-order valence-corrected chi connectivity index (χ0v) is 13.6. The number of morpholine rings is 1. The fourth-order valence-electron chi connectivity index (χ4n) is 2.84. The van der Waals surface area contributed by atoms with Gasteiger partial charge in [-0.1, -0.05) is 11.6 Å². The Morgan fingerprint density at radius 2 is 1.91 bits per heavy atom. The molecule has 122 valence electrons. The fourth-order valence-corrected chi connectivity index (χ4v) is 3.07. The second-order valence-corrected chi connectivity index (χ2v) is 6.06. The maximum absolute atomic E-state index is 6.37. The van der Waals surface area contributed by atoms with E-state index in [9.17, 15) is 0 Å². The molecule has 0 atom stereocenters. The Morgan fingerprint density at radius 3 is 2.64 bits per heavy atom. The number of nitrogens with one attached hydrogen (secondary N) is 1. The van der Waals surface area contributed by atoms with Crippen molar-refractivity contribution in [1.82, 2.24) is 10.2 Å². The molecule has 0 amide bonds. The number of hydrogen-bond acceptors (Lipinski definition) is 5. The van der Waals surface area contributed by atoms with Gasteiger partial charge in [-0.2, -0.15) is 0 Å². The minimum atomic E-state index is 0.659. The summed E-state index contributed by atoms with van der Waals surface area (Å²) in [5.41, 5.74) is 1.17. The molecule has 0 spiro atoms. The first-order chi connectivity index (χ1) is 10.8. The van der Waals surface area contributed by atoms with Gasteiger partial charge in [0.1, 0.15) is 12.4 Å². The third-order valence-corrected chi connectivity index (χ3v) is 4.46. The molecular formula is C16H24ClN3O2. The van der Waals surface area contributed by atoms with Crippen molar-refractivity contribution in [2.24, 2.45) is 0 Å². The summed E-state index contributed by atoms with van der Waals surface area (Å²) in [5.74, 6) is 0.772. The number of rotatable bonds is 5. The van der Waals surface area contributed by atoms with Crippen LogP contribution in [0.2, 0.25) is 5.02 Å². The molecule has 3 rings (SSSR count). The number of halogens is 1. The molecule has 22 heavy (non-hydrogen) atoms. The van der Waals surface area contributed by atoms with E-state index in [-0.39, 0.29) is 0 Å². The number of nitrogens with zero attached hydrogens (tertiary/aromatic N) is 2. The van der Waals surface area contributed by atoms with Gasteiger partial charge in [0.25, 0.3) is 0 Å². The number of ether oxygens (including phenoxy) is 2. The van der Waals surface area contributed by atoms with Gasteiger partial charge < -0.3 is 19.7 Å². The summed E-state index contributed by atoms with van der Waals surface area (Å²) < 4.78 is 11.2. The Kier molecular flexibility index (Phi) is 5.78. The van der Waals surface area contributed by atoms with Crippen LogP contribution in [0, 0.1) is 0 Å². The van der Waals surface area contributed by atoms with Gasteiger partial charge in [0.2, 0.25) is 0 Å². The van der Waals surface area contributed by atoms with E-state index in [4.69, 9.17) is 21.1 Å². The smallest absolute Gasteiger partial charge is 0.138 e. The van der Waals surface area contributed by atoms with Crippen LogP contribution in [-0.2, 0) is 4.74 Å². The van der Waals surface area contributed by atoms with E-state index in [0.717, 1.165) is 64.8 Å². The molecular weight excluding hydrogens is 302 g/mol. The average molecular weight is 326 g/mol. The SMILES string of the molecule is Clc1cc(N2CCNCC2)ccc1OCCN1CCOCC1. The summed E-state index contributed by atoms with van der Waals surface area (Å²) in [6, 6.07) is 6.09. The monoisotopic (exact) mass is 325 g/mol. The highest BCUT2D eigenvalue weighted by atomic mass is 35.5. The van der Waals surface area contributed by atoms with E-state index in [0.29, 0.717) is 11.6 Å². The van der Waals surface area contributed by atoms with Crippen molar-refractivity contribution in [3.05, 3.63) is 23.2 Å². The van der Waals surface area contributed by atoms with E-state index < -0.39 is 0 Å². The van der Waals surface area contributed by atoms with Crippen molar-refractivity contribution in [3.63, 3.8) is 0 Å². The topological polar surface area (TPSA) is 37.0 Å². The number of benzene rings is 1. The summed E-state index contributed by atoms with van der Waals surface area (Å²) in [5, 5.41) is 4.05. The van der Waals surface area contributed by atoms with Crippen molar-refractivity contribution in [2.45, 2.75) is 0 Å². The molecule has 2 aliphatic rings. The molecule has 0 aliphatic carbocycles. The fraction of sp³-hybridized carbons (Fsp3) is 0.625. The molecule has 2 fully saturated rings. The van der Waals surface area contributed by atoms with E-state index in [1.807, 2.05) is 12.1 Å². The van der Waals surface area contributed by atoms with Gasteiger partial charge in [-0.3, -0.25) is 4.90 Å². The summed E-state index contributed by atoms with van der Waals surface area (Å²) in [6.45, 7) is 9.27. The highest BCUT2D eigenvalue weighted by Gasteiger charge is 2.13. The van der Waals surface area contributed by atoms with Crippen LogP contribution in [-0.4, -0.2) is 70.5 Å². The first-order valence-electron chi connectivity index (χ1n) is 8.01. The first-order valence-corrected chi connectivity index (χ1v) is 8.39. The Bertz CT molecular complexity index is 474. The Hall–Kier alpha value is -1.01. The minimum absolute atomic E-state index is 0.659. The molecule has 0 saturated carbocycles.